The normalized spacial score (nSPS) is 19.9. The van der Waals surface area contributed by atoms with E-state index in [4.69, 9.17) is 10.8 Å². The van der Waals surface area contributed by atoms with Crippen LogP contribution in [0.1, 0.15) is 71.1 Å². The molecular weight excluding hydrogens is 226 g/mol. The predicted octanol–water partition coefficient (Wildman–Crippen LogP) is 3.57. The Hall–Kier alpha value is -0.570. The summed E-state index contributed by atoms with van der Waals surface area (Å²) in [4.78, 5) is 10.5. The highest BCUT2D eigenvalue weighted by Gasteiger charge is 2.15. The molecule has 106 valence electrons. The highest BCUT2D eigenvalue weighted by atomic mass is 16.4. The van der Waals surface area contributed by atoms with Gasteiger partial charge in [-0.25, -0.2) is 0 Å². The van der Waals surface area contributed by atoms with E-state index in [1.807, 2.05) is 0 Å². The summed E-state index contributed by atoms with van der Waals surface area (Å²) in [6, 6.07) is -0.167. The Bertz CT molecular complexity index is 237. The molecule has 18 heavy (non-hydrogen) atoms. The van der Waals surface area contributed by atoms with Gasteiger partial charge in [0.15, 0.2) is 0 Å². The first-order valence-electron chi connectivity index (χ1n) is 7.55. The lowest BCUT2D eigenvalue weighted by Crippen LogP contribution is -2.24. The summed E-state index contributed by atoms with van der Waals surface area (Å²) in [5, 5.41) is 8.63. The maximum absolute atomic E-state index is 10.5. The van der Waals surface area contributed by atoms with Crippen LogP contribution >= 0.6 is 0 Å². The van der Waals surface area contributed by atoms with Crippen LogP contribution in [-0.2, 0) is 4.79 Å². The van der Waals surface area contributed by atoms with Gasteiger partial charge in [-0.1, -0.05) is 51.9 Å². The van der Waals surface area contributed by atoms with Crippen molar-refractivity contribution < 1.29 is 9.90 Å². The fraction of sp³-hybridized carbons (Fsp3) is 0.933. The topological polar surface area (TPSA) is 63.3 Å². The SMILES string of the molecule is CC(CCCC1CCCC1)CCC(N)CC(=O)O. The Morgan fingerprint density at radius 1 is 1.28 bits per heavy atom. The van der Waals surface area contributed by atoms with Crippen LogP contribution < -0.4 is 5.73 Å². The average molecular weight is 255 g/mol. The van der Waals surface area contributed by atoms with Crippen molar-refractivity contribution in [1.29, 1.82) is 0 Å². The minimum Gasteiger partial charge on any atom is -0.481 e. The first kappa shape index (κ1) is 15.5. The minimum absolute atomic E-state index is 0.106. The van der Waals surface area contributed by atoms with Crippen LogP contribution in [0.25, 0.3) is 0 Å². The molecule has 1 rings (SSSR count). The van der Waals surface area contributed by atoms with Gasteiger partial charge >= 0.3 is 5.97 Å². The summed E-state index contributed by atoms with van der Waals surface area (Å²) in [7, 11) is 0. The van der Waals surface area contributed by atoms with Gasteiger partial charge in [0.05, 0.1) is 6.42 Å². The quantitative estimate of drug-likeness (QED) is 0.662. The number of carboxylic acid groups (broad SMARTS) is 1. The van der Waals surface area contributed by atoms with Crippen molar-refractivity contribution in [1.82, 2.24) is 0 Å². The molecule has 1 fully saturated rings. The molecule has 1 aliphatic rings. The van der Waals surface area contributed by atoms with E-state index in [1.165, 1.54) is 44.9 Å². The number of hydrogen-bond donors (Lipinski definition) is 2. The standard InChI is InChI=1S/C15H29NO2/c1-12(9-10-14(16)11-15(17)18)5-4-8-13-6-2-3-7-13/h12-14H,2-11,16H2,1H3,(H,17,18). The lowest BCUT2D eigenvalue weighted by molar-refractivity contribution is -0.137. The average Bonchev–Trinajstić information content (AvgIpc) is 2.78. The molecule has 1 saturated carbocycles. The third-order valence-corrected chi connectivity index (χ3v) is 4.25. The fourth-order valence-corrected chi connectivity index (χ4v) is 3.02. The van der Waals surface area contributed by atoms with Crippen molar-refractivity contribution in [3.05, 3.63) is 0 Å². The second-order valence-corrected chi connectivity index (χ2v) is 6.12. The summed E-state index contributed by atoms with van der Waals surface area (Å²) in [5.74, 6) is 0.897. The van der Waals surface area contributed by atoms with Crippen molar-refractivity contribution in [2.24, 2.45) is 17.6 Å². The van der Waals surface area contributed by atoms with Gasteiger partial charge in [0, 0.05) is 6.04 Å². The Kier molecular flexibility index (Phi) is 7.33. The molecule has 3 heteroatoms. The largest absolute Gasteiger partial charge is 0.481 e. The second-order valence-electron chi connectivity index (χ2n) is 6.12. The highest BCUT2D eigenvalue weighted by molar-refractivity contribution is 5.67. The zero-order chi connectivity index (χ0) is 13.4. The van der Waals surface area contributed by atoms with Crippen LogP contribution in [0.3, 0.4) is 0 Å². The van der Waals surface area contributed by atoms with Gasteiger partial charge in [0.25, 0.3) is 0 Å². The number of nitrogens with two attached hydrogens (primary N) is 1. The van der Waals surface area contributed by atoms with E-state index in [-0.39, 0.29) is 12.5 Å². The second kappa shape index (κ2) is 8.52. The zero-order valence-corrected chi connectivity index (χ0v) is 11.7. The van der Waals surface area contributed by atoms with E-state index >= 15 is 0 Å². The van der Waals surface area contributed by atoms with Gasteiger partial charge in [-0.2, -0.15) is 0 Å². The summed E-state index contributed by atoms with van der Waals surface area (Å²) >= 11 is 0. The molecule has 0 aromatic carbocycles. The molecule has 0 spiro atoms. The molecule has 0 aromatic rings. The lowest BCUT2D eigenvalue weighted by atomic mass is 9.92. The van der Waals surface area contributed by atoms with Crippen LogP contribution in [0, 0.1) is 11.8 Å². The number of carbonyl (C=O) groups is 1. The first-order valence-corrected chi connectivity index (χ1v) is 7.55. The van der Waals surface area contributed by atoms with Crippen LogP contribution in [0.2, 0.25) is 0 Å². The van der Waals surface area contributed by atoms with Crippen LogP contribution in [0.15, 0.2) is 0 Å². The lowest BCUT2D eigenvalue weighted by Gasteiger charge is -2.15. The Balaban J connectivity index is 1.99. The van der Waals surface area contributed by atoms with Crippen molar-refractivity contribution in [3.8, 4) is 0 Å². The van der Waals surface area contributed by atoms with E-state index in [0.717, 1.165) is 18.8 Å². The van der Waals surface area contributed by atoms with Gasteiger partial charge in [0.2, 0.25) is 0 Å². The molecular formula is C15H29NO2. The molecule has 0 saturated heterocycles. The van der Waals surface area contributed by atoms with Crippen molar-refractivity contribution >= 4 is 5.97 Å². The fourth-order valence-electron chi connectivity index (χ4n) is 3.02. The van der Waals surface area contributed by atoms with E-state index in [0.29, 0.717) is 5.92 Å². The highest BCUT2D eigenvalue weighted by Crippen LogP contribution is 2.30. The smallest absolute Gasteiger partial charge is 0.304 e. The third-order valence-electron chi connectivity index (χ3n) is 4.25. The molecule has 0 heterocycles. The van der Waals surface area contributed by atoms with Crippen molar-refractivity contribution in [3.63, 3.8) is 0 Å². The van der Waals surface area contributed by atoms with Crippen molar-refractivity contribution in [2.45, 2.75) is 77.2 Å². The van der Waals surface area contributed by atoms with Gasteiger partial charge in [-0.15, -0.1) is 0 Å². The van der Waals surface area contributed by atoms with Gasteiger partial charge in [0.1, 0.15) is 0 Å². The maximum atomic E-state index is 10.5. The monoisotopic (exact) mass is 255 g/mol. The number of rotatable bonds is 9. The minimum atomic E-state index is -0.781. The molecule has 1 aliphatic carbocycles. The van der Waals surface area contributed by atoms with Gasteiger partial charge < -0.3 is 10.8 Å². The van der Waals surface area contributed by atoms with E-state index in [1.54, 1.807) is 0 Å². The molecule has 0 aromatic heterocycles. The first-order chi connectivity index (χ1) is 8.58. The molecule has 3 N–H and O–H groups in total. The summed E-state index contributed by atoms with van der Waals surface area (Å²) in [6.07, 6.45) is 11.8. The Labute approximate surface area is 111 Å². The molecule has 3 nitrogen and oxygen atoms in total. The molecule has 2 atom stereocenters. The summed E-state index contributed by atoms with van der Waals surface area (Å²) < 4.78 is 0. The Morgan fingerprint density at radius 2 is 1.94 bits per heavy atom. The van der Waals surface area contributed by atoms with Crippen molar-refractivity contribution in [2.75, 3.05) is 0 Å². The zero-order valence-electron chi connectivity index (χ0n) is 11.7. The van der Waals surface area contributed by atoms with Crippen LogP contribution in [-0.4, -0.2) is 17.1 Å². The third kappa shape index (κ3) is 7.00. The van der Waals surface area contributed by atoms with E-state index in [9.17, 15) is 4.79 Å². The Morgan fingerprint density at radius 3 is 2.56 bits per heavy atom. The number of carboxylic acids is 1. The number of hydrogen-bond acceptors (Lipinski definition) is 2. The van der Waals surface area contributed by atoms with E-state index < -0.39 is 5.97 Å². The molecule has 0 amide bonds. The maximum Gasteiger partial charge on any atom is 0.304 e. The molecule has 2 unspecified atom stereocenters. The van der Waals surface area contributed by atoms with Crippen LogP contribution in [0.4, 0.5) is 0 Å². The molecule has 0 bridgehead atoms. The van der Waals surface area contributed by atoms with Crippen LogP contribution in [0.5, 0.6) is 0 Å². The van der Waals surface area contributed by atoms with E-state index in [2.05, 4.69) is 6.92 Å². The number of aliphatic carboxylic acids is 1. The predicted molar refractivity (Wildman–Crippen MR) is 74.4 cm³/mol. The summed E-state index contributed by atoms with van der Waals surface area (Å²) in [5.41, 5.74) is 5.77. The van der Waals surface area contributed by atoms with Gasteiger partial charge in [-0.05, 0) is 24.7 Å². The molecule has 0 radical (unpaired) electrons. The van der Waals surface area contributed by atoms with Gasteiger partial charge in [-0.3, -0.25) is 4.79 Å². The molecule has 0 aliphatic heterocycles. The summed E-state index contributed by atoms with van der Waals surface area (Å²) in [6.45, 7) is 2.27.